The molecule has 0 radical (unpaired) electrons. The van der Waals surface area contributed by atoms with Gasteiger partial charge in [0.1, 0.15) is 0 Å². The number of benzene rings is 1. The van der Waals surface area contributed by atoms with Crippen LogP contribution < -0.4 is 0 Å². The highest BCUT2D eigenvalue weighted by Gasteiger charge is 2.19. The Morgan fingerprint density at radius 3 is 1.50 bits per heavy atom. The fraction of sp³-hybridized carbons (Fsp3) is 0.562. The summed E-state index contributed by atoms with van der Waals surface area (Å²) >= 11 is 0. The highest BCUT2D eigenvalue weighted by Crippen LogP contribution is 2.33. The molecular formula is C16H25OP. The molecule has 1 atom stereocenters. The molecule has 0 saturated heterocycles. The molecule has 0 saturated carbocycles. The Kier molecular flexibility index (Phi) is 5.10. The van der Waals surface area contributed by atoms with Crippen LogP contribution in [0.3, 0.4) is 0 Å². The second-order valence-corrected chi connectivity index (χ2v) is 6.43. The third-order valence-electron chi connectivity index (χ3n) is 3.38. The van der Waals surface area contributed by atoms with Gasteiger partial charge in [0.15, 0.2) is 5.52 Å². The summed E-state index contributed by atoms with van der Waals surface area (Å²) < 4.78 is 0. The standard InChI is InChI=1S/C16H25OP/c1-9(2)12-7-13(10(3)4)15(16(17)18)14(8-12)11(5)6/h7-11H,18H2,1-6H3. The first-order chi connectivity index (χ1) is 8.25. The lowest BCUT2D eigenvalue weighted by Crippen LogP contribution is -2.08. The SMILES string of the molecule is CC(C)c1cc(C(C)C)c(C(=O)P)c(C(C)C)c1. The van der Waals surface area contributed by atoms with Crippen molar-refractivity contribution in [2.45, 2.75) is 59.3 Å². The van der Waals surface area contributed by atoms with Crippen LogP contribution in [0.25, 0.3) is 0 Å². The predicted molar refractivity (Wildman–Crippen MR) is 82.7 cm³/mol. The molecule has 1 aromatic carbocycles. The maximum Gasteiger partial charge on any atom is 0.178 e. The van der Waals surface area contributed by atoms with Crippen molar-refractivity contribution in [2.24, 2.45) is 0 Å². The van der Waals surface area contributed by atoms with E-state index in [1.807, 2.05) is 0 Å². The average Bonchev–Trinajstić information content (AvgIpc) is 2.26. The minimum absolute atomic E-state index is 0.109. The van der Waals surface area contributed by atoms with Crippen molar-refractivity contribution in [1.82, 2.24) is 0 Å². The summed E-state index contributed by atoms with van der Waals surface area (Å²) in [5.74, 6) is 1.25. The maximum atomic E-state index is 11.9. The molecule has 1 unspecified atom stereocenters. The lowest BCUT2D eigenvalue weighted by Gasteiger charge is -2.21. The Morgan fingerprint density at radius 1 is 0.889 bits per heavy atom. The van der Waals surface area contributed by atoms with Gasteiger partial charge < -0.3 is 0 Å². The summed E-state index contributed by atoms with van der Waals surface area (Å²) in [4.78, 5) is 11.9. The molecule has 0 aromatic heterocycles. The van der Waals surface area contributed by atoms with Crippen molar-refractivity contribution < 1.29 is 4.79 Å². The summed E-state index contributed by atoms with van der Waals surface area (Å²) in [7, 11) is 2.33. The Morgan fingerprint density at radius 2 is 1.28 bits per heavy atom. The molecule has 18 heavy (non-hydrogen) atoms. The Bertz CT molecular complexity index is 415. The first-order valence-corrected chi connectivity index (χ1v) is 7.30. The van der Waals surface area contributed by atoms with Crippen LogP contribution in [-0.4, -0.2) is 5.52 Å². The van der Waals surface area contributed by atoms with Gasteiger partial charge in [-0.3, -0.25) is 4.79 Å². The molecule has 0 heterocycles. The molecule has 0 amide bonds. The minimum atomic E-state index is 0.109. The quantitative estimate of drug-likeness (QED) is 0.694. The third-order valence-corrected chi connectivity index (χ3v) is 3.67. The first kappa shape index (κ1) is 15.4. The van der Waals surface area contributed by atoms with Crippen LogP contribution in [0.15, 0.2) is 12.1 Å². The van der Waals surface area contributed by atoms with Gasteiger partial charge in [0.05, 0.1) is 0 Å². The molecule has 1 rings (SSSR count). The van der Waals surface area contributed by atoms with E-state index in [0.29, 0.717) is 17.8 Å². The van der Waals surface area contributed by atoms with Gasteiger partial charge in [0.25, 0.3) is 0 Å². The topological polar surface area (TPSA) is 17.1 Å². The fourth-order valence-corrected chi connectivity index (χ4v) is 2.57. The van der Waals surface area contributed by atoms with Gasteiger partial charge in [0.2, 0.25) is 0 Å². The van der Waals surface area contributed by atoms with E-state index in [4.69, 9.17) is 0 Å². The Balaban J connectivity index is 3.60. The normalized spacial score (nSPS) is 11.7. The summed E-state index contributed by atoms with van der Waals surface area (Å²) in [6.45, 7) is 13.0. The highest BCUT2D eigenvalue weighted by molar-refractivity contribution is 7.41. The average molecular weight is 264 g/mol. The van der Waals surface area contributed by atoms with Gasteiger partial charge in [-0.1, -0.05) is 62.9 Å². The number of hydrogen-bond donors (Lipinski definition) is 0. The summed E-state index contributed by atoms with van der Waals surface area (Å²) in [6.07, 6.45) is 0. The van der Waals surface area contributed by atoms with Crippen LogP contribution >= 0.6 is 9.24 Å². The molecule has 0 aliphatic heterocycles. The van der Waals surface area contributed by atoms with E-state index in [2.05, 4.69) is 62.9 Å². The van der Waals surface area contributed by atoms with E-state index in [1.54, 1.807) is 0 Å². The van der Waals surface area contributed by atoms with E-state index >= 15 is 0 Å². The van der Waals surface area contributed by atoms with Crippen molar-refractivity contribution in [3.05, 3.63) is 34.4 Å². The van der Waals surface area contributed by atoms with Crippen molar-refractivity contribution in [3.8, 4) is 0 Å². The van der Waals surface area contributed by atoms with Gasteiger partial charge >= 0.3 is 0 Å². The van der Waals surface area contributed by atoms with Crippen molar-refractivity contribution in [1.29, 1.82) is 0 Å². The molecule has 0 aliphatic rings. The summed E-state index contributed by atoms with van der Waals surface area (Å²) in [5.41, 5.74) is 4.72. The Labute approximate surface area is 114 Å². The highest BCUT2D eigenvalue weighted by atomic mass is 31.0. The minimum Gasteiger partial charge on any atom is -0.290 e. The van der Waals surface area contributed by atoms with E-state index in [1.165, 1.54) is 16.7 Å². The summed E-state index contributed by atoms with van der Waals surface area (Å²) in [6, 6.07) is 4.41. The van der Waals surface area contributed by atoms with Gasteiger partial charge in [-0.15, -0.1) is 0 Å². The molecule has 0 fully saturated rings. The van der Waals surface area contributed by atoms with Gasteiger partial charge in [-0.2, -0.15) is 0 Å². The van der Waals surface area contributed by atoms with E-state index in [-0.39, 0.29) is 5.52 Å². The molecule has 0 aliphatic carbocycles. The molecule has 0 bridgehead atoms. The van der Waals surface area contributed by atoms with Crippen molar-refractivity contribution >= 4 is 14.8 Å². The molecule has 2 heteroatoms. The second-order valence-electron chi connectivity index (χ2n) is 5.90. The third kappa shape index (κ3) is 3.20. The monoisotopic (exact) mass is 264 g/mol. The number of hydrogen-bond acceptors (Lipinski definition) is 1. The number of rotatable bonds is 4. The van der Waals surface area contributed by atoms with Crippen LogP contribution in [0, 0.1) is 0 Å². The van der Waals surface area contributed by atoms with Gasteiger partial charge in [-0.05, 0) is 34.4 Å². The number of carbonyl (C=O) groups excluding carboxylic acids is 1. The lowest BCUT2D eigenvalue weighted by molar-refractivity contribution is 0.108. The molecule has 0 spiro atoms. The second kappa shape index (κ2) is 5.97. The van der Waals surface area contributed by atoms with Gasteiger partial charge in [-0.25, -0.2) is 0 Å². The van der Waals surface area contributed by atoms with Crippen LogP contribution in [0.1, 0.15) is 86.3 Å². The molecule has 100 valence electrons. The molecule has 0 N–H and O–H groups in total. The zero-order valence-electron chi connectivity index (χ0n) is 12.4. The number of carbonyl (C=O) groups is 1. The molecule has 1 aromatic rings. The maximum absolute atomic E-state index is 11.9. The largest absolute Gasteiger partial charge is 0.290 e. The molecule has 1 nitrogen and oxygen atoms in total. The van der Waals surface area contributed by atoms with Crippen molar-refractivity contribution in [3.63, 3.8) is 0 Å². The smallest absolute Gasteiger partial charge is 0.178 e. The van der Waals surface area contributed by atoms with Crippen molar-refractivity contribution in [2.75, 3.05) is 0 Å². The Hall–Kier alpha value is -0.680. The van der Waals surface area contributed by atoms with E-state index in [0.717, 1.165) is 5.56 Å². The summed E-state index contributed by atoms with van der Waals surface area (Å²) in [5, 5.41) is 0. The van der Waals surface area contributed by atoms with Gasteiger partial charge in [0, 0.05) is 5.56 Å². The fourth-order valence-electron chi connectivity index (χ4n) is 2.24. The van der Waals surface area contributed by atoms with E-state index < -0.39 is 0 Å². The zero-order valence-corrected chi connectivity index (χ0v) is 13.5. The van der Waals surface area contributed by atoms with Crippen LogP contribution in [0.5, 0.6) is 0 Å². The van der Waals surface area contributed by atoms with Crippen LogP contribution in [0.2, 0.25) is 0 Å². The van der Waals surface area contributed by atoms with E-state index in [9.17, 15) is 4.79 Å². The van der Waals surface area contributed by atoms with Crippen LogP contribution in [0.4, 0.5) is 0 Å². The lowest BCUT2D eigenvalue weighted by atomic mass is 9.85. The molecular weight excluding hydrogens is 239 g/mol. The van der Waals surface area contributed by atoms with Crippen LogP contribution in [-0.2, 0) is 0 Å². The predicted octanol–water partition coefficient (Wildman–Crippen LogP) is 5.07. The zero-order chi connectivity index (χ0) is 14.0. The first-order valence-electron chi connectivity index (χ1n) is 6.73.